The van der Waals surface area contributed by atoms with Gasteiger partial charge in [0.1, 0.15) is 0 Å². The van der Waals surface area contributed by atoms with E-state index in [1.807, 2.05) is 31.2 Å². The molecule has 114 valence electrons. The van der Waals surface area contributed by atoms with Crippen LogP contribution in [0, 0.1) is 6.92 Å². The summed E-state index contributed by atoms with van der Waals surface area (Å²) in [5.41, 5.74) is 7.14. The lowest BCUT2D eigenvalue weighted by atomic mass is 10.1. The van der Waals surface area contributed by atoms with Gasteiger partial charge in [-0.1, -0.05) is 12.1 Å². The third-order valence-corrected chi connectivity index (χ3v) is 3.78. The van der Waals surface area contributed by atoms with Gasteiger partial charge in [-0.15, -0.1) is 0 Å². The van der Waals surface area contributed by atoms with Crippen molar-refractivity contribution in [2.24, 2.45) is 5.73 Å². The van der Waals surface area contributed by atoms with Crippen LogP contribution < -0.4 is 16.0 Å². The Morgan fingerprint density at radius 3 is 2.86 bits per heavy atom. The van der Waals surface area contributed by atoms with E-state index in [-0.39, 0.29) is 24.3 Å². The van der Waals surface area contributed by atoms with E-state index in [0.717, 1.165) is 30.6 Å². The zero-order chi connectivity index (χ0) is 15.2. The topological polar surface area (TPSA) is 75.4 Å². The smallest absolute Gasteiger partial charge is 0.228 e. The summed E-state index contributed by atoms with van der Waals surface area (Å²) in [4.78, 5) is 25.3. The molecule has 0 spiro atoms. The molecule has 1 aliphatic rings. The lowest BCUT2D eigenvalue weighted by Crippen LogP contribution is -2.38. The van der Waals surface area contributed by atoms with Crippen LogP contribution in [0.5, 0.6) is 0 Å². The zero-order valence-corrected chi connectivity index (χ0v) is 12.5. The second-order valence-electron chi connectivity index (χ2n) is 5.60. The standard InChI is InChI=1S/C16H23N3O2/c1-12-4-2-6-14(10-12)19(9-7-15(17)20)16(21)11-13-5-3-8-18-13/h2,4,6,10,13,18H,3,5,7-9,11H2,1H3,(H2,17,20). The summed E-state index contributed by atoms with van der Waals surface area (Å²) in [6.45, 7) is 3.30. The van der Waals surface area contributed by atoms with Crippen LogP contribution in [0.4, 0.5) is 5.69 Å². The first-order valence-electron chi connectivity index (χ1n) is 7.45. The van der Waals surface area contributed by atoms with Gasteiger partial charge < -0.3 is 16.0 Å². The molecule has 3 N–H and O–H groups in total. The highest BCUT2D eigenvalue weighted by molar-refractivity contribution is 5.94. The average Bonchev–Trinajstić information content (AvgIpc) is 2.91. The molecule has 0 bridgehead atoms. The van der Waals surface area contributed by atoms with Crippen LogP contribution in [-0.2, 0) is 9.59 Å². The van der Waals surface area contributed by atoms with Gasteiger partial charge in [0.2, 0.25) is 11.8 Å². The Hall–Kier alpha value is -1.88. The van der Waals surface area contributed by atoms with Gasteiger partial charge in [-0.05, 0) is 44.0 Å². The Kier molecular flexibility index (Phi) is 5.33. The minimum atomic E-state index is -0.389. The number of rotatable bonds is 6. The molecule has 0 saturated carbocycles. The number of nitrogens with zero attached hydrogens (tertiary/aromatic N) is 1. The number of nitrogens with two attached hydrogens (primary N) is 1. The van der Waals surface area contributed by atoms with E-state index in [4.69, 9.17) is 5.73 Å². The highest BCUT2D eigenvalue weighted by Gasteiger charge is 2.23. The zero-order valence-electron chi connectivity index (χ0n) is 12.5. The lowest BCUT2D eigenvalue weighted by molar-refractivity contribution is -0.119. The van der Waals surface area contributed by atoms with Crippen molar-refractivity contribution in [3.63, 3.8) is 0 Å². The largest absolute Gasteiger partial charge is 0.370 e. The molecule has 0 radical (unpaired) electrons. The third-order valence-electron chi connectivity index (χ3n) is 3.78. The SMILES string of the molecule is Cc1cccc(N(CCC(N)=O)C(=O)CC2CCCN2)c1. The summed E-state index contributed by atoms with van der Waals surface area (Å²) in [7, 11) is 0. The van der Waals surface area contributed by atoms with Crippen molar-refractivity contribution < 1.29 is 9.59 Å². The van der Waals surface area contributed by atoms with E-state index >= 15 is 0 Å². The Bertz CT molecular complexity index is 510. The van der Waals surface area contributed by atoms with E-state index in [1.54, 1.807) is 4.90 Å². The fourth-order valence-corrected chi connectivity index (χ4v) is 2.67. The minimum absolute atomic E-state index is 0.0428. The minimum Gasteiger partial charge on any atom is -0.370 e. The van der Waals surface area contributed by atoms with Crippen LogP contribution in [0.2, 0.25) is 0 Å². The molecule has 1 atom stereocenters. The predicted molar refractivity (Wildman–Crippen MR) is 83.0 cm³/mol. The number of hydrogen-bond acceptors (Lipinski definition) is 3. The molecule has 2 rings (SSSR count). The first kappa shape index (κ1) is 15.5. The van der Waals surface area contributed by atoms with Crippen LogP contribution >= 0.6 is 0 Å². The highest BCUT2D eigenvalue weighted by Crippen LogP contribution is 2.19. The molecule has 1 unspecified atom stereocenters. The van der Waals surface area contributed by atoms with Crippen LogP contribution in [-0.4, -0.2) is 30.9 Å². The molecule has 1 aromatic rings. The lowest BCUT2D eigenvalue weighted by Gasteiger charge is -2.24. The van der Waals surface area contributed by atoms with Gasteiger partial charge in [-0.25, -0.2) is 0 Å². The summed E-state index contributed by atoms with van der Waals surface area (Å²) in [5.74, 6) is -0.347. The fraction of sp³-hybridized carbons (Fsp3) is 0.500. The molecule has 2 amide bonds. The van der Waals surface area contributed by atoms with Crippen molar-refractivity contribution in [2.75, 3.05) is 18.0 Å². The van der Waals surface area contributed by atoms with Gasteiger partial charge in [0.05, 0.1) is 0 Å². The number of carbonyl (C=O) groups is 2. The quantitative estimate of drug-likeness (QED) is 0.830. The van der Waals surface area contributed by atoms with Crippen molar-refractivity contribution in [2.45, 2.75) is 38.6 Å². The summed E-state index contributed by atoms with van der Waals surface area (Å²) in [6, 6.07) is 8.01. The summed E-state index contributed by atoms with van der Waals surface area (Å²) in [6.07, 6.45) is 2.79. The third kappa shape index (κ3) is 4.56. The fourth-order valence-electron chi connectivity index (χ4n) is 2.67. The molecule has 0 aliphatic carbocycles. The maximum absolute atomic E-state index is 12.6. The van der Waals surface area contributed by atoms with Crippen molar-refractivity contribution in [1.82, 2.24) is 5.32 Å². The first-order chi connectivity index (χ1) is 10.1. The van der Waals surface area contributed by atoms with Gasteiger partial charge in [0, 0.05) is 31.1 Å². The maximum Gasteiger partial charge on any atom is 0.228 e. The van der Waals surface area contributed by atoms with Crippen LogP contribution in [0.15, 0.2) is 24.3 Å². The van der Waals surface area contributed by atoms with Crippen LogP contribution in [0.1, 0.15) is 31.2 Å². The number of anilines is 1. The molecular weight excluding hydrogens is 266 g/mol. The normalized spacial score (nSPS) is 17.7. The molecular formula is C16H23N3O2. The maximum atomic E-state index is 12.6. The Morgan fingerprint density at radius 1 is 1.43 bits per heavy atom. The van der Waals surface area contributed by atoms with E-state index in [2.05, 4.69) is 5.32 Å². The van der Waals surface area contributed by atoms with Crippen LogP contribution in [0.25, 0.3) is 0 Å². The Balaban J connectivity index is 2.10. The number of hydrogen-bond donors (Lipinski definition) is 2. The Morgan fingerprint density at radius 2 is 2.24 bits per heavy atom. The van der Waals surface area contributed by atoms with Gasteiger partial charge in [-0.2, -0.15) is 0 Å². The van der Waals surface area contributed by atoms with Crippen molar-refractivity contribution >= 4 is 17.5 Å². The molecule has 5 nitrogen and oxygen atoms in total. The van der Waals surface area contributed by atoms with Gasteiger partial charge in [-0.3, -0.25) is 9.59 Å². The van der Waals surface area contributed by atoms with Crippen molar-refractivity contribution in [3.8, 4) is 0 Å². The summed E-state index contributed by atoms with van der Waals surface area (Å²) in [5, 5.41) is 3.33. The molecule has 1 heterocycles. The van der Waals surface area contributed by atoms with Crippen molar-refractivity contribution in [1.29, 1.82) is 0 Å². The summed E-state index contributed by atoms with van der Waals surface area (Å²) >= 11 is 0. The van der Waals surface area contributed by atoms with Gasteiger partial charge in [0.25, 0.3) is 0 Å². The van der Waals surface area contributed by atoms with Gasteiger partial charge in [0.15, 0.2) is 0 Å². The highest BCUT2D eigenvalue weighted by atomic mass is 16.2. The van der Waals surface area contributed by atoms with E-state index in [1.165, 1.54) is 0 Å². The number of carbonyl (C=O) groups excluding carboxylic acids is 2. The first-order valence-corrected chi connectivity index (χ1v) is 7.45. The molecule has 1 aromatic carbocycles. The molecule has 1 aliphatic heterocycles. The molecule has 1 fully saturated rings. The monoisotopic (exact) mass is 289 g/mol. The molecule has 1 saturated heterocycles. The number of nitrogens with one attached hydrogen (secondary N) is 1. The number of primary amides is 1. The molecule has 0 aromatic heterocycles. The number of benzene rings is 1. The predicted octanol–water partition coefficient (Wildman–Crippen LogP) is 1.35. The summed E-state index contributed by atoms with van der Waals surface area (Å²) < 4.78 is 0. The van der Waals surface area contributed by atoms with E-state index in [0.29, 0.717) is 13.0 Å². The van der Waals surface area contributed by atoms with E-state index < -0.39 is 0 Å². The van der Waals surface area contributed by atoms with E-state index in [9.17, 15) is 9.59 Å². The van der Waals surface area contributed by atoms with Crippen molar-refractivity contribution in [3.05, 3.63) is 29.8 Å². The average molecular weight is 289 g/mol. The molecule has 5 heteroatoms. The van der Waals surface area contributed by atoms with Crippen LogP contribution in [0.3, 0.4) is 0 Å². The second-order valence-corrected chi connectivity index (χ2v) is 5.60. The second kappa shape index (κ2) is 7.22. The molecule has 21 heavy (non-hydrogen) atoms. The van der Waals surface area contributed by atoms with Gasteiger partial charge >= 0.3 is 0 Å². The number of amides is 2. The number of aryl methyl sites for hydroxylation is 1. The Labute approximate surface area is 125 Å².